The third kappa shape index (κ3) is 3.84. The third-order valence-electron chi connectivity index (χ3n) is 4.74. The number of fused-ring (bicyclic) bond motifs is 1. The van der Waals surface area contributed by atoms with E-state index in [1.54, 1.807) is 11.0 Å². The molecule has 1 aromatic carbocycles. The number of nitrogens with zero attached hydrogens (tertiary/aromatic N) is 2. The van der Waals surface area contributed by atoms with E-state index in [1.165, 1.54) is 24.5 Å². The Hall–Kier alpha value is -1.99. The van der Waals surface area contributed by atoms with E-state index in [1.807, 2.05) is 31.7 Å². The number of thiophene rings is 1. The van der Waals surface area contributed by atoms with Crippen molar-refractivity contribution in [1.29, 1.82) is 0 Å². The molecule has 0 unspecified atom stereocenters. The molecule has 146 valence electrons. The van der Waals surface area contributed by atoms with Gasteiger partial charge in [0, 0.05) is 54.4 Å². The van der Waals surface area contributed by atoms with E-state index in [4.69, 9.17) is 4.74 Å². The second-order valence-electron chi connectivity index (χ2n) is 7.79. The van der Waals surface area contributed by atoms with E-state index in [2.05, 4.69) is 0 Å². The standard InChI is InChI=1S/C20H25FN2O3S/c1-20(2,3)19(25)23-10-8-22(9-11-23)18(24)17-13(12-26-4)16-14(21)6-5-7-15(16)27-17/h5-7H,8-12H2,1-4H3. The highest BCUT2D eigenvalue weighted by atomic mass is 32.1. The number of rotatable bonds is 3. The summed E-state index contributed by atoms with van der Waals surface area (Å²) in [5.41, 5.74) is 0.176. The van der Waals surface area contributed by atoms with Gasteiger partial charge in [-0.15, -0.1) is 11.3 Å². The van der Waals surface area contributed by atoms with Crippen molar-refractivity contribution >= 4 is 33.2 Å². The first-order chi connectivity index (χ1) is 12.7. The minimum absolute atomic E-state index is 0.0959. The number of hydrogen-bond acceptors (Lipinski definition) is 4. The topological polar surface area (TPSA) is 49.9 Å². The first kappa shape index (κ1) is 19.8. The molecule has 0 atom stereocenters. The van der Waals surface area contributed by atoms with Gasteiger partial charge in [0.05, 0.1) is 11.5 Å². The summed E-state index contributed by atoms with van der Waals surface area (Å²) in [5, 5.41) is 0.467. The van der Waals surface area contributed by atoms with Crippen LogP contribution in [0.5, 0.6) is 0 Å². The van der Waals surface area contributed by atoms with Crippen molar-refractivity contribution in [3.05, 3.63) is 34.5 Å². The number of halogens is 1. The van der Waals surface area contributed by atoms with Crippen LogP contribution in [0.15, 0.2) is 18.2 Å². The van der Waals surface area contributed by atoms with Crippen LogP contribution in [-0.2, 0) is 16.1 Å². The number of benzene rings is 1. The number of ether oxygens (including phenoxy) is 1. The Kier molecular flexibility index (Phi) is 5.53. The van der Waals surface area contributed by atoms with Crippen LogP contribution < -0.4 is 0 Å². The van der Waals surface area contributed by atoms with E-state index in [-0.39, 0.29) is 24.2 Å². The number of amides is 2. The van der Waals surface area contributed by atoms with Gasteiger partial charge in [-0.3, -0.25) is 9.59 Å². The highest BCUT2D eigenvalue weighted by Gasteiger charge is 2.32. The largest absolute Gasteiger partial charge is 0.380 e. The lowest BCUT2D eigenvalue weighted by molar-refractivity contribution is -0.140. The van der Waals surface area contributed by atoms with Gasteiger partial charge in [0.25, 0.3) is 5.91 Å². The van der Waals surface area contributed by atoms with Gasteiger partial charge in [-0.2, -0.15) is 0 Å². The Morgan fingerprint density at radius 1 is 1.15 bits per heavy atom. The van der Waals surface area contributed by atoms with Gasteiger partial charge < -0.3 is 14.5 Å². The van der Waals surface area contributed by atoms with E-state index in [0.717, 1.165) is 4.70 Å². The summed E-state index contributed by atoms with van der Waals surface area (Å²) in [6.07, 6.45) is 0. The molecule has 1 aliphatic rings. The van der Waals surface area contributed by atoms with Crippen molar-refractivity contribution in [2.75, 3.05) is 33.3 Å². The van der Waals surface area contributed by atoms with Gasteiger partial charge in [0.15, 0.2) is 0 Å². The van der Waals surface area contributed by atoms with Crippen LogP contribution in [0.1, 0.15) is 36.0 Å². The van der Waals surface area contributed by atoms with Gasteiger partial charge in [-0.05, 0) is 12.1 Å². The normalized spacial score (nSPS) is 15.4. The van der Waals surface area contributed by atoms with Crippen LogP contribution in [0.2, 0.25) is 0 Å². The van der Waals surface area contributed by atoms with E-state index in [9.17, 15) is 14.0 Å². The second-order valence-corrected chi connectivity index (χ2v) is 8.84. The summed E-state index contributed by atoms with van der Waals surface area (Å²) in [6.45, 7) is 7.86. The summed E-state index contributed by atoms with van der Waals surface area (Å²) in [4.78, 5) is 29.6. The van der Waals surface area contributed by atoms with Crippen molar-refractivity contribution < 1.29 is 18.7 Å². The maximum Gasteiger partial charge on any atom is 0.264 e. The molecule has 0 spiro atoms. The molecule has 7 heteroatoms. The predicted octanol–water partition coefficient (Wildman–Crippen LogP) is 3.52. The minimum Gasteiger partial charge on any atom is -0.380 e. The molecule has 0 N–H and O–H groups in total. The molecule has 5 nitrogen and oxygen atoms in total. The van der Waals surface area contributed by atoms with Gasteiger partial charge in [0.1, 0.15) is 5.82 Å². The van der Waals surface area contributed by atoms with Crippen molar-refractivity contribution in [2.24, 2.45) is 5.41 Å². The Morgan fingerprint density at radius 3 is 2.37 bits per heavy atom. The van der Waals surface area contributed by atoms with E-state index in [0.29, 0.717) is 42.0 Å². The molecule has 2 heterocycles. The monoisotopic (exact) mass is 392 g/mol. The van der Waals surface area contributed by atoms with Crippen molar-refractivity contribution in [3.8, 4) is 0 Å². The number of carbonyl (C=O) groups excluding carboxylic acids is 2. The van der Waals surface area contributed by atoms with Gasteiger partial charge in [-0.1, -0.05) is 26.8 Å². The molecule has 0 radical (unpaired) electrons. The SMILES string of the molecule is COCc1c(C(=O)N2CCN(C(=O)C(C)(C)C)CC2)sc2cccc(F)c12. The van der Waals surface area contributed by atoms with Crippen LogP contribution in [0, 0.1) is 11.2 Å². The van der Waals surface area contributed by atoms with Crippen LogP contribution >= 0.6 is 11.3 Å². The summed E-state index contributed by atoms with van der Waals surface area (Å²) in [5.74, 6) is -0.362. The molecule has 0 aliphatic carbocycles. The number of carbonyl (C=O) groups is 2. The van der Waals surface area contributed by atoms with E-state index >= 15 is 0 Å². The van der Waals surface area contributed by atoms with Gasteiger partial charge >= 0.3 is 0 Å². The fourth-order valence-electron chi connectivity index (χ4n) is 3.35. The maximum atomic E-state index is 14.3. The van der Waals surface area contributed by atoms with Crippen LogP contribution in [0.25, 0.3) is 10.1 Å². The molecular weight excluding hydrogens is 367 g/mol. The zero-order chi connectivity index (χ0) is 19.8. The molecule has 2 aromatic rings. The average Bonchev–Trinajstić information content (AvgIpc) is 3.00. The number of methoxy groups -OCH3 is 1. The Balaban J connectivity index is 1.82. The van der Waals surface area contributed by atoms with Crippen LogP contribution in [0.4, 0.5) is 4.39 Å². The lowest BCUT2D eigenvalue weighted by atomic mass is 9.94. The fraction of sp³-hybridized carbons (Fsp3) is 0.500. The molecule has 1 saturated heterocycles. The smallest absolute Gasteiger partial charge is 0.264 e. The van der Waals surface area contributed by atoms with Gasteiger partial charge in [0.2, 0.25) is 5.91 Å². The Bertz CT molecular complexity index is 864. The molecule has 0 saturated carbocycles. The Morgan fingerprint density at radius 2 is 1.78 bits per heavy atom. The van der Waals surface area contributed by atoms with E-state index < -0.39 is 5.41 Å². The third-order valence-corrected chi connectivity index (χ3v) is 5.93. The number of hydrogen-bond donors (Lipinski definition) is 0. The molecule has 1 aliphatic heterocycles. The van der Waals surface area contributed by atoms with Crippen molar-refractivity contribution in [3.63, 3.8) is 0 Å². The average molecular weight is 392 g/mol. The van der Waals surface area contributed by atoms with Crippen molar-refractivity contribution in [2.45, 2.75) is 27.4 Å². The first-order valence-electron chi connectivity index (χ1n) is 9.01. The lowest BCUT2D eigenvalue weighted by Gasteiger charge is -2.37. The molecular formula is C20H25FN2O3S. The zero-order valence-corrected chi connectivity index (χ0v) is 17.0. The summed E-state index contributed by atoms with van der Waals surface area (Å²) < 4.78 is 20.3. The van der Waals surface area contributed by atoms with Crippen LogP contribution in [-0.4, -0.2) is 54.9 Å². The highest BCUT2D eigenvalue weighted by molar-refractivity contribution is 7.21. The quantitative estimate of drug-likeness (QED) is 0.803. The fourth-order valence-corrected chi connectivity index (χ4v) is 4.54. The molecule has 1 fully saturated rings. The number of piperazine rings is 1. The van der Waals surface area contributed by atoms with Crippen LogP contribution in [0.3, 0.4) is 0 Å². The molecule has 2 amide bonds. The summed E-state index contributed by atoms with van der Waals surface area (Å²) in [7, 11) is 1.54. The van der Waals surface area contributed by atoms with Gasteiger partial charge in [-0.25, -0.2) is 4.39 Å². The predicted molar refractivity (Wildman–Crippen MR) is 104 cm³/mol. The Labute approximate surface area is 162 Å². The molecule has 27 heavy (non-hydrogen) atoms. The first-order valence-corrected chi connectivity index (χ1v) is 9.83. The lowest BCUT2D eigenvalue weighted by Crippen LogP contribution is -2.53. The zero-order valence-electron chi connectivity index (χ0n) is 16.2. The highest BCUT2D eigenvalue weighted by Crippen LogP contribution is 2.34. The minimum atomic E-state index is -0.430. The molecule has 0 bridgehead atoms. The summed E-state index contributed by atoms with van der Waals surface area (Å²) in [6, 6.07) is 4.87. The molecule has 3 rings (SSSR count). The summed E-state index contributed by atoms with van der Waals surface area (Å²) >= 11 is 1.30. The molecule has 1 aromatic heterocycles. The van der Waals surface area contributed by atoms with Crippen molar-refractivity contribution in [1.82, 2.24) is 9.80 Å². The maximum absolute atomic E-state index is 14.3. The second kappa shape index (κ2) is 7.56.